The Morgan fingerprint density at radius 3 is 3.00 bits per heavy atom. The summed E-state index contributed by atoms with van der Waals surface area (Å²) in [6, 6.07) is 0. The largest absolute Gasteiger partial charge is 0.466 e. The van der Waals surface area contributed by atoms with Crippen molar-refractivity contribution in [3.63, 3.8) is 0 Å². The highest BCUT2D eigenvalue weighted by molar-refractivity contribution is 5.81. The number of carbonyl (C=O) groups is 1. The summed E-state index contributed by atoms with van der Waals surface area (Å²) >= 11 is 0. The standard InChI is InChI=1S/C8H13NO3/c1-12-8(11)3-5-9-4-2-7(10)6-9/h3,5,7,10H,2,4,6H2,1H3. The predicted octanol–water partition coefficient (Wildman–Crippen LogP) is -0.260. The van der Waals surface area contributed by atoms with E-state index >= 15 is 0 Å². The maximum Gasteiger partial charge on any atom is 0.331 e. The first-order valence-electron chi connectivity index (χ1n) is 3.90. The van der Waals surface area contributed by atoms with E-state index in [-0.39, 0.29) is 12.1 Å². The van der Waals surface area contributed by atoms with Gasteiger partial charge >= 0.3 is 5.97 Å². The van der Waals surface area contributed by atoms with E-state index in [2.05, 4.69) is 4.74 Å². The van der Waals surface area contributed by atoms with Gasteiger partial charge in [-0.15, -0.1) is 0 Å². The number of likely N-dealkylation sites (tertiary alicyclic amines) is 1. The van der Waals surface area contributed by atoms with Crippen molar-refractivity contribution in [2.24, 2.45) is 0 Å². The van der Waals surface area contributed by atoms with E-state index in [0.29, 0.717) is 6.54 Å². The number of hydrogen-bond acceptors (Lipinski definition) is 4. The van der Waals surface area contributed by atoms with Crippen molar-refractivity contribution in [3.05, 3.63) is 12.3 Å². The van der Waals surface area contributed by atoms with Gasteiger partial charge in [0.25, 0.3) is 0 Å². The van der Waals surface area contributed by atoms with Crippen molar-refractivity contribution in [1.29, 1.82) is 0 Å². The lowest BCUT2D eigenvalue weighted by molar-refractivity contribution is -0.134. The number of rotatable bonds is 2. The topological polar surface area (TPSA) is 49.8 Å². The Kier molecular flexibility index (Phi) is 3.10. The fourth-order valence-electron chi connectivity index (χ4n) is 1.14. The SMILES string of the molecule is COC(=O)C=CN1CCC(O)C1. The zero-order chi connectivity index (χ0) is 8.97. The summed E-state index contributed by atoms with van der Waals surface area (Å²) in [6.07, 6.45) is 3.53. The van der Waals surface area contributed by atoms with Gasteiger partial charge in [0.2, 0.25) is 0 Å². The number of ether oxygens (including phenoxy) is 1. The first-order valence-corrected chi connectivity index (χ1v) is 3.90. The van der Waals surface area contributed by atoms with Crippen molar-refractivity contribution in [3.8, 4) is 0 Å². The smallest absolute Gasteiger partial charge is 0.331 e. The number of esters is 1. The molecular weight excluding hydrogens is 158 g/mol. The monoisotopic (exact) mass is 171 g/mol. The molecule has 1 aliphatic rings. The van der Waals surface area contributed by atoms with Crippen molar-refractivity contribution >= 4 is 5.97 Å². The molecule has 4 nitrogen and oxygen atoms in total. The summed E-state index contributed by atoms with van der Waals surface area (Å²) in [5.41, 5.74) is 0. The summed E-state index contributed by atoms with van der Waals surface area (Å²) in [5, 5.41) is 9.13. The van der Waals surface area contributed by atoms with Crippen molar-refractivity contribution in [2.45, 2.75) is 12.5 Å². The van der Waals surface area contributed by atoms with E-state index in [1.807, 2.05) is 4.90 Å². The molecule has 0 aromatic heterocycles. The summed E-state index contributed by atoms with van der Waals surface area (Å²) in [7, 11) is 1.34. The second kappa shape index (κ2) is 4.11. The molecule has 0 saturated carbocycles. The molecule has 0 amide bonds. The van der Waals surface area contributed by atoms with Crippen LogP contribution >= 0.6 is 0 Å². The van der Waals surface area contributed by atoms with Gasteiger partial charge in [0.05, 0.1) is 13.2 Å². The van der Waals surface area contributed by atoms with Crippen molar-refractivity contribution < 1.29 is 14.6 Å². The lowest BCUT2D eigenvalue weighted by Crippen LogP contribution is -2.16. The van der Waals surface area contributed by atoms with E-state index in [4.69, 9.17) is 5.11 Å². The highest BCUT2D eigenvalue weighted by Crippen LogP contribution is 2.08. The lowest BCUT2D eigenvalue weighted by Gasteiger charge is -2.09. The van der Waals surface area contributed by atoms with Gasteiger partial charge in [-0.2, -0.15) is 0 Å². The van der Waals surface area contributed by atoms with Gasteiger partial charge in [0.1, 0.15) is 0 Å². The molecular formula is C8H13NO3. The molecule has 1 rings (SSSR count). The number of aliphatic hydroxyl groups is 1. The van der Waals surface area contributed by atoms with Crippen LogP contribution in [0.1, 0.15) is 6.42 Å². The Labute approximate surface area is 71.4 Å². The van der Waals surface area contributed by atoms with Crippen LogP contribution < -0.4 is 0 Å². The Hall–Kier alpha value is -1.03. The molecule has 0 aromatic rings. The molecule has 68 valence electrons. The number of methoxy groups -OCH3 is 1. The van der Waals surface area contributed by atoms with E-state index in [0.717, 1.165) is 13.0 Å². The van der Waals surface area contributed by atoms with Gasteiger partial charge in [-0.1, -0.05) is 0 Å². The molecule has 0 aromatic carbocycles. The number of carbonyl (C=O) groups excluding carboxylic acids is 1. The maximum absolute atomic E-state index is 10.7. The molecule has 4 heteroatoms. The van der Waals surface area contributed by atoms with Crippen molar-refractivity contribution in [1.82, 2.24) is 4.90 Å². The molecule has 0 radical (unpaired) electrons. The average molecular weight is 171 g/mol. The minimum Gasteiger partial charge on any atom is -0.466 e. The molecule has 12 heavy (non-hydrogen) atoms. The second-order valence-electron chi connectivity index (χ2n) is 2.78. The third-order valence-electron chi connectivity index (χ3n) is 1.82. The Morgan fingerprint density at radius 2 is 2.50 bits per heavy atom. The molecule has 1 aliphatic heterocycles. The summed E-state index contributed by atoms with van der Waals surface area (Å²) in [4.78, 5) is 12.5. The molecule has 0 spiro atoms. The van der Waals surface area contributed by atoms with Crippen LogP contribution in [0.2, 0.25) is 0 Å². The van der Waals surface area contributed by atoms with Crippen LogP contribution in [0.25, 0.3) is 0 Å². The Bertz CT molecular complexity index is 191. The first kappa shape index (κ1) is 9.06. The van der Waals surface area contributed by atoms with Crippen LogP contribution in [0.3, 0.4) is 0 Å². The third-order valence-corrected chi connectivity index (χ3v) is 1.82. The molecule has 1 saturated heterocycles. The first-order chi connectivity index (χ1) is 5.72. The van der Waals surface area contributed by atoms with Crippen LogP contribution in [0.15, 0.2) is 12.3 Å². The number of hydrogen-bond donors (Lipinski definition) is 1. The van der Waals surface area contributed by atoms with Crippen LogP contribution in [0, 0.1) is 0 Å². The minimum atomic E-state index is -0.364. The predicted molar refractivity (Wildman–Crippen MR) is 43.4 cm³/mol. The van der Waals surface area contributed by atoms with Crippen molar-refractivity contribution in [2.75, 3.05) is 20.2 Å². The fourth-order valence-corrected chi connectivity index (χ4v) is 1.14. The minimum absolute atomic E-state index is 0.257. The second-order valence-corrected chi connectivity index (χ2v) is 2.78. The molecule has 1 unspecified atom stereocenters. The number of nitrogens with zero attached hydrogens (tertiary/aromatic N) is 1. The quantitative estimate of drug-likeness (QED) is 0.459. The zero-order valence-electron chi connectivity index (χ0n) is 7.06. The number of aliphatic hydroxyl groups excluding tert-OH is 1. The highest BCUT2D eigenvalue weighted by atomic mass is 16.5. The maximum atomic E-state index is 10.7. The fraction of sp³-hybridized carbons (Fsp3) is 0.625. The lowest BCUT2D eigenvalue weighted by atomic mass is 10.3. The third kappa shape index (κ3) is 2.54. The summed E-state index contributed by atoms with van der Waals surface area (Å²) < 4.78 is 4.42. The van der Waals surface area contributed by atoms with Crippen LogP contribution in [0.5, 0.6) is 0 Å². The van der Waals surface area contributed by atoms with Gasteiger partial charge in [-0.25, -0.2) is 4.79 Å². The summed E-state index contributed by atoms with van der Waals surface area (Å²) in [6.45, 7) is 1.40. The van der Waals surface area contributed by atoms with Gasteiger partial charge in [0.15, 0.2) is 0 Å². The van der Waals surface area contributed by atoms with E-state index in [9.17, 15) is 4.79 Å². The highest BCUT2D eigenvalue weighted by Gasteiger charge is 2.16. The molecule has 0 aliphatic carbocycles. The van der Waals surface area contributed by atoms with Crippen LogP contribution in [0.4, 0.5) is 0 Å². The molecule has 0 bridgehead atoms. The Balaban J connectivity index is 2.31. The van der Waals surface area contributed by atoms with Gasteiger partial charge in [-0.3, -0.25) is 0 Å². The van der Waals surface area contributed by atoms with Gasteiger partial charge in [0, 0.05) is 25.4 Å². The van der Waals surface area contributed by atoms with Gasteiger partial charge < -0.3 is 14.7 Å². The molecule has 1 N–H and O–H groups in total. The normalized spacial score (nSPS) is 23.5. The zero-order valence-corrected chi connectivity index (χ0v) is 7.06. The molecule has 1 heterocycles. The molecule has 1 fully saturated rings. The van der Waals surface area contributed by atoms with Crippen LogP contribution in [-0.2, 0) is 9.53 Å². The average Bonchev–Trinajstić information content (AvgIpc) is 2.47. The Morgan fingerprint density at radius 1 is 1.75 bits per heavy atom. The van der Waals surface area contributed by atoms with Gasteiger partial charge in [-0.05, 0) is 6.42 Å². The molecule has 1 atom stereocenters. The van der Waals surface area contributed by atoms with Crippen LogP contribution in [-0.4, -0.2) is 42.3 Å². The van der Waals surface area contributed by atoms with E-state index < -0.39 is 0 Å². The van der Waals surface area contributed by atoms with E-state index in [1.165, 1.54) is 13.2 Å². The number of β-amino-alcohol motifs (C(OH)–C–C–N with tert-alkyl or cyclic N) is 1. The van der Waals surface area contributed by atoms with E-state index in [1.54, 1.807) is 6.20 Å². The summed E-state index contributed by atoms with van der Waals surface area (Å²) in [5.74, 6) is -0.364.